The topological polar surface area (TPSA) is 93.5 Å². The minimum Gasteiger partial charge on any atom is -0.381 e. The molecular weight excluding hydrogens is 498 g/mol. The van der Waals surface area contributed by atoms with Gasteiger partial charge in [0.2, 0.25) is 9.92 Å². The molecule has 0 saturated carbocycles. The maximum Gasteiger partial charge on any atom is 0.492 e. The lowest BCUT2D eigenvalue weighted by Gasteiger charge is -2.33. The van der Waals surface area contributed by atoms with E-state index < -0.39 is 44.8 Å². The molecule has 1 amide bonds. The zero-order chi connectivity index (χ0) is 25.5. The van der Waals surface area contributed by atoms with Gasteiger partial charge in [-0.2, -0.15) is 13.2 Å². The Morgan fingerprint density at radius 2 is 1.91 bits per heavy atom. The van der Waals surface area contributed by atoms with E-state index in [1.807, 2.05) is 4.72 Å². The summed E-state index contributed by atoms with van der Waals surface area (Å²) in [6, 6.07) is 8.71. The molecule has 2 aromatic carbocycles. The Morgan fingerprint density at radius 3 is 2.50 bits per heavy atom. The summed E-state index contributed by atoms with van der Waals surface area (Å²) in [5, 5.41) is 10.6. The van der Waals surface area contributed by atoms with Crippen molar-refractivity contribution in [2.45, 2.75) is 49.9 Å². The molecule has 186 valence electrons. The van der Waals surface area contributed by atoms with Crippen LogP contribution in [0.5, 0.6) is 0 Å². The molecule has 1 fully saturated rings. The Kier molecular flexibility index (Phi) is 7.33. The molecule has 12 heteroatoms. The molecule has 1 aliphatic rings. The largest absolute Gasteiger partial charge is 0.492 e. The number of carbonyl (C=O) groups is 1. The van der Waals surface area contributed by atoms with E-state index in [4.69, 9.17) is 16.4 Å². The number of halogens is 5. The Balaban J connectivity index is 2.00. The van der Waals surface area contributed by atoms with E-state index in [9.17, 15) is 27.3 Å². The van der Waals surface area contributed by atoms with E-state index in [0.717, 1.165) is 4.90 Å². The van der Waals surface area contributed by atoms with Crippen LogP contribution in [-0.2, 0) is 21.1 Å². The zero-order valence-electron chi connectivity index (χ0n) is 18.3. The number of aliphatic hydroxyl groups is 1. The van der Waals surface area contributed by atoms with Crippen LogP contribution in [0.15, 0.2) is 42.5 Å². The molecule has 0 bridgehead atoms. The highest BCUT2D eigenvalue weighted by Crippen LogP contribution is 2.32. The normalized spacial score (nSPS) is 20.9. The second kappa shape index (κ2) is 9.44. The Morgan fingerprint density at radius 1 is 1.26 bits per heavy atom. The van der Waals surface area contributed by atoms with Gasteiger partial charge in [0.1, 0.15) is 11.4 Å². The summed E-state index contributed by atoms with van der Waals surface area (Å²) in [4.78, 5) is 13.9. The van der Waals surface area contributed by atoms with Crippen LogP contribution in [0.4, 0.5) is 17.6 Å². The first-order valence-electron chi connectivity index (χ1n) is 10.3. The van der Waals surface area contributed by atoms with Crippen LogP contribution in [0, 0.1) is 10.6 Å². The third-order valence-electron chi connectivity index (χ3n) is 5.62. The lowest BCUT2D eigenvalue weighted by atomic mass is 9.95. The maximum atomic E-state index is 15.5. The maximum absolute atomic E-state index is 15.5. The number of amides is 1. The van der Waals surface area contributed by atoms with Crippen molar-refractivity contribution >= 4 is 27.4 Å². The van der Waals surface area contributed by atoms with Crippen molar-refractivity contribution in [1.29, 1.82) is 4.78 Å². The van der Waals surface area contributed by atoms with Crippen molar-refractivity contribution in [3.05, 3.63) is 58.9 Å². The summed E-state index contributed by atoms with van der Waals surface area (Å²) < 4.78 is 75.9. The number of nitrogens with zero attached hydrogens (tertiary/aromatic N) is 1. The Labute approximate surface area is 200 Å². The number of alkyl halides is 3. The van der Waals surface area contributed by atoms with Gasteiger partial charge in [0.25, 0.3) is 5.91 Å². The summed E-state index contributed by atoms with van der Waals surface area (Å²) in [5.74, 6) is -1.41. The Bertz CT molecular complexity index is 1180. The number of carbonyl (C=O) groups excluding carboxylic acids is 1. The second-order valence-electron chi connectivity index (χ2n) is 8.63. The SMILES string of the molecule is CC(C)(O)C(=O)N1CC[C@H](NS(=N)(=O)C(F)(F)F)[C@@H]1Cc1cccc(-c2cccc(Cl)c2)c1F. The highest BCUT2D eigenvalue weighted by molar-refractivity contribution is 7.91. The van der Waals surface area contributed by atoms with Gasteiger partial charge in [0, 0.05) is 23.2 Å². The number of benzene rings is 2. The van der Waals surface area contributed by atoms with Gasteiger partial charge in [-0.15, -0.1) is 0 Å². The molecule has 6 nitrogen and oxygen atoms in total. The van der Waals surface area contributed by atoms with Crippen LogP contribution in [-0.4, -0.2) is 49.9 Å². The van der Waals surface area contributed by atoms with Crippen molar-refractivity contribution < 1.29 is 31.7 Å². The van der Waals surface area contributed by atoms with Crippen molar-refractivity contribution in [1.82, 2.24) is 9.62 Å². The van der Waals surface area contributed by atoms with Crippen LogP contribution in [0.3, 0.4) is 0 Å². The number of hydrogen-bond donors (Lipinski definition) is 3. The monoisotopic (exact) mass is 521 g/mol. The molecule has 34 heavy (non-hydrogen) atoms. The first-order chi connectivity index (χ1) is 15.6. The van der Waals surface area contributed by atoms with Gasteiger partial charge in [0.05, 0.1) is 6.04 Å². The minimum absolute atomic E-state index is 0.0614. The van der Waals surface area contributed by atoms with Crippen molar-refractivity contribution in [3.63, 3.8) is 0 Å². The smallest absolute Gasteiger partial charge is 0.381 e. The highest BCUT2D eigenvalue weighted by Gasteiger charge is 2.48. The average Bonchev–Trinajstić information content (AvgIpc) is 3.08. The molecule has 0 spiro atoms. The summed E-state index contributed by atoms with van der Waals surface area (Å²) in [6.45, 7) is 2.40. The molecule has 1 unspecified atom stereocenters. The highest BCUT2D eigenvalue weighted by atomic mass is 35.5. The predicted molar refractivity (Wildman–Crippen MR) is 121 cm³/mol. The third kappa shape index (κ3) is 5.54. The predicted octanol–water partition coefficient (Wildman–Crippen LogP) is 4.50. The van der Waals surface area contributed by atoms with Crippen molar-refractivity contribution in [2.75, 3.05) is 6.54 Å². The zero-order valence-corrected chi connectivity index (χ0v) is 19.9. The second-order valence-corrected chi connectivity index (χ2v) is 10.9. The molecule has 0 radical (unpaired) electrons. The first-order valence-corrected chi connectivity index (χ1v) is 12.2. The fourth-order valence-corrected chi connectivity index (χ4v) is 4.99. The van der Waals surface area contributed by atoms with Gasteiger partial charge in [-0.05, 0) is 49.9 Å². The summed E-state index contributed by atoms with van der Waals surface area (Å²) in [6.07, 6.45) is -0.291. The lowest BCUT2D eigenvalue weighted by Crippen LogP contribution is -2.53. The van der Waals surface area contributed by atoms with Crippen molar-refractivity contribution in [3.8, 4) is 11.1 Å². The van der Waals surface area contributed by atoms with Crippen molar-refractivity contribution in [2.24, 2.45) is 0 Å². The molecule has 2 aromatic rings. The van der Waals surface area contributed by atoms with Crippen LogP contribution < -0.4 is 4.72 Å². The molecule has 1 saturated heterocycles. The van der Waals surface area contributed by atoms with Gasteiger partial charge in [-0.3, -0.25) is 4.79 Å². The number of rotatable bonds is 6. The van der Waals surface area contributed by atoms with Crippen LogP contribution in [0.1, 0.15) is 25.8 Å². The molecule has 3 rings (SSSR count). The fraction of sp³-hybridized carbons (Fsp3) is 0.409. The van der Waals surface area contributed by atoms with Gasteiger partial charge < -0.3 is 10.0 Å². The van der Waals surface area contributed by atoms with E-state index in [1.165, 1.54) is 26.0 Å². The van der Waals surface area contributed by atoms with E-state index in [1.54, 1.807) is 30.3 Å². The first kappa shape index (κ1) is 26.4. The van der Waals surface area contributed by atoms with Gasteiger partial charge >= 0.3 is 5.51 Å². The molecule has 3 N–H and O–H groups in total. The quantitative estimate of drug-likeness (QED) is 0.489. The van der Waals surface area contributed by atoms with E-state index in [-0.39, 0.29) is 30.5 Å². The third-order valence-corrected chi connectivity index (χ3v) is 7.14. The van der Waals surface area contributed by atoms with Gasteiger partial charge in [-0.25, -0.2) is 18.1 Å². The van der Waals surface area contributed by atoms with E-state index >= 15 is 4.39 Å². The average molecular weight is 522 g/mol. The summed E-state index contributed by atoms with van der Waals surface area (Å²) in [7, 11) is -5.22. The molecule has 0 aromatic heterocycles. The minimum atomic E-state index is -5.33. The molecular formula is C22H24ClF4N3O3S. The molecule has 1 aliphatic heterocycles. The number of likely N-dealkylation sites (tertiary alicyclic amines) is 1. The van der Waals surface area contributed by atoms with Crippen LogP contribution in [0.2, 0.25) is 5.02 Å². The standard InChI is InChI=1S/C22H24ClF4N3O3S/c1-21(2,32)20(31)30-10-9-17(29-34(28,33)22(25,26)27)18(30)12-14-6-4-8-16(19(14)24)13-5-3-7-15(23)11-13/h3-8,11,17-18,32H,9-10,12H2,1-2H3,(H2,28,29,33)/t17-,18-,34?/m0/s1. The molecule has 0 aliphatic carbocycles. The fourth-order valence-electron chi connectivity index (χ4n) is 3.97. The van der Waals surface area contributed by atoms with Crippen LogP contribution in [0.25, 0.3) is 11.1 Å². The lowest BCUT2D eigenvalue weighted by molar-refractivity contribution is -0.148. The van der Waals surface area contributed by atoms with Crippen LogP contribution >= 0.6 is 11.6 Å². The number of nitrogens with one attached hydrogen (secondary N) is 2. The Hall–Kier alpha value is -2.21. The van der Waals surface area contributed by atoms with Gasteiger partial charge in [-0.1, -0.05) is 41.9 Å². The van der Waals surface area contributed by atoms with E-state index in [2.05, 4.69) is 0 Å². The number of hydrogen-bond acceptors (Lipinski definition) is 4. The molecule has 1 heterocycles. The van der Waals surface area contributed by atoms with E-state index in [0.29, 0.717) is 10.6 Å². The summed E-state index contributed by atoms with van der Waals surface area (Å²) >= 11 is 6.00. The van der Waals surface area contributed by atoms with Gasteiger partial charge in [0.15, 0.2) is 0 Å². The molecule has 3 atom stereocenters. The summed E-state index contributed by atoms with van der Waals surface area (Å²) in [5.41, 5.74) is -6.36.